The number of hydrogen-bond donors (Lipinski definition) is 1. The van der Waals surface area contributed by atoms with Gasteiger partial charge < -0.3 is 14.8 Å². The van der Waals surface area contributed by atoms with Crippen molar-refractivity contribution in [1.29, 1.82) is 0 Å². The lowest BCUT2D eigenvalue weighted by Gasteiger charge is -2.17. The second-order valence-corrected chi connectivity index (χ2v) is 3.67. The van der Waals surface area contributed by atoms with Crippen LogP contribution in [-0.4, -0.2) is 19.4 Å². The van der Waals surface area contributed by atoms with Gasteiger partial charge in [-0.1, -0.05) is 19.4 Å². The summed E-state index contributed by atoms with van der Waals surface area (Å²) in [6.07, 6.45) is 7.55. The van der Waals surface area contributed by atoms with Crippen molar-refractivity contribution in [2.45, 2.75) is 32.2 Å². The highest BCUT2D eigenvalue weighted by Crippen LogP contribution is 2.26. The molecule has 0 spiro atoms. The minimum Gasteiger partial charge on any atom is -0.458 e. The molecule has 2 rings (SSSR count). The molecule has 1 atom stereocenters. The van der Waals surface area contributed by atoms with Crippen LogP contribution in [0.5, 0.6) is 0 Å². The molecule has 1 aliphatic heterocycles. The van der Waals surface area contributed by atoms with Gasteiger partial charge in [-0.15, -0.1) is 0 Å². The quantitative estimate of drug-likeness (QED) is 0.695. The van der Waals surface area contributed by atoms with E-state index in [0.717, 1.165) is 24.5 Å². The average molecular weight is 195 g/mol. The Morgan fingerprint density at radius 3 is 3.29 bits per heavy atom. The summed E-state index contributed by atoms with van der Waals surface area (Å²) >= 11 is 0. The molecule has 3 nitrogen and oxygen atoms in total. The summed E-state index contributed by atoms with van der Waals surface area (Å²) in [5.41, 5.74) is 0. The molecule has 2 aliphatic rings. The maximum atomic E-state index is 5.36. The predicted octanol–water partition coefficient (Wildman–Crippen LogP) is 1.92. The SMILES string of the molecule is CCCCNC1C=CC2=C(C1)OCO2. The van der Waals surface area contributed by atoms with Crippen LogP contribution in [0.1, 0.15) is 26.2 Å². The summed E-state index contributed by atoms with van der Waals surface area (Å²) in [6, 6.07) is 0.419. The van der Waals surface area contributed by atoms with Crippen molar-refractivity contribution in [3.8, 4) is 0 Å². The van der Waals surface area contributed by atoms with Crippen molar-refractivity contribution in [3.63, 3.8) is 0 Å². The summed E-state index contributed by atoms with van der Waals surface area (Å²) in [4.78, 5) is 0. The number of allylic oxidation sites excluding steroid dienone is 1. The molecule has 0 bridgehead atoms. The molecule has 0 saturated heterocycles. The third-order valence-corrected chi connectivity index (χ3v) is 2.54. The lowest BCUT2D eigenvalue weighted by atomic mass is 10.1. The van der Waals surface area contributed by atoms with Gasteiger partial charge in [-0.05, 0) is 19.0 Å². The summed E-state index contributed by atoms with van der Waals surface area (Å²) in [5, 5.41) is 3.48. The lowest BCUT2D eigenvalue weighted by Crippen LogP contribution is -2.29. The van der Waals surface area contributed by atoms with E-state index in [2.05, 4.69) is 18.3 Å². The number of rotatable bonds is 4. The summed E-state index contributed by atoms with van der Waals surface area (Å²) in [5.74, 6) is 1.92. The fourth-order valence-electron chi connectivity index (χ4n) is 1.69. The van der Waals surface area contributed by atoms with Crippen molar-refractivity contribution < 1.29 is 9.47 Å². The van der Waals surface area contributed by atoms with Gasteiger partial charge in [-0.2, -0.15) is 0 Å². The molecule has 1 unspecified atom stereocenters. The highest BCUT2D eigenvalue weighted by Gasteiger charge is 2.22. The van der Waals surface area contributed by atoms with E-state index >= 15 is 0 Å². The van der Waals surface area contributed by atoms with Crippen LogP contribution >= 0.6 is 0 Å². The first-order valence-electron chi connectivity index (χ1n) is 5.30. The van der Waals surface area contributed by atoms with Crippen molar-refractivity contribution >= 4 is 0 Å². The average Bonchev–Trinajstić information content (AvgIpc) is 2.65. The molecule has 0 fully saturated rings. The number of hydrogen-bond acceptors (Lipinski definition) is 3. The Morgan fingerprint density at radius 1 is 1.50 bits per heavy atom. The third-order valence-electron chi connectivity index (χ3n) is 2.54. The Hall–Kier alpha value is -0.960. The van der Waals surface area contributed by atoms with E-state index in [1.165, 1.54) is 12.8 Å². The fourth-order valence-corrected chi connectivity index (χ4v) is 1.69. The first kappa shape index (κ1) is 9.59. The topological polar surface area (TPSA) is 30.5 Å². The molecule has 0 radical (unpaired) electrons. The molecule has 1 heterocycles. The van der Waals surface area contributed by atoms with Crippen LogP contribution in [0.3, 0.4) is 0 Å². The Morgan fingerprint density at radius 2 is 2.43 bits per heavy atom. The van der Waals surface area contributed by atoms with Gasteiger partial charge in [0.15, 0.2) is 5.76 Å². The van der Waals surface area contributed by atoms with Crippen molar-refractivity contribution in [1.82, 2.24) is 5.32 Å². The van der Waals surface area contributed by atoms with Gasteiger partial charge in [-0.3, -0.25) is 0 Å². The maximum Gasteiger partial charge on any atom is 0.230 e. The smallest absolute Gasteiger partial charge is 0.230 e. The van der Waals surface area contributed by atoms with Crippen LogP contribution < -0.4 is 5.32 Å². The monoisotopic (exact) mass is 195 g/mol. The van der Waals surface area contributed by atoms with Gasteiger partial charge in [0.2, 0.25) is 6.79 Å². The first-order chi connectivity index (χ1) is 6.90. The van der Waals surface area contributed by atoms with E-state index in [4.69, 9.17) is 9.47 Å². The van der Waals surface area contributed by atoms with Gasteiger partial charge >= 0.3 is 0 Å². The van der Waals surface area contributed by atoms with Crippen LogP contribution in [0.15, 0.2) is 23.7 Å². The highest BCUT2D eigenvalue weighted by atomic mass is 16.7. The normalized spacial score (nSPS) is 24.5. The van der Waals surface area contributed by atoms with E-state index in [1.807, 2.05) is 6.08 Å². The number of ether oxygens (including phenoxy) is 2. The summed E-state index contributed by atoms with van der Waals surface area (Å²) in [7, 11) is 0. The standard InChI is InChI=1S/C11H17NO2/c1-2-3-6-12-9-4-5-10-11(7-9)14-8-13-10/h4-5,9,12H,2-3,6-8H2,1H3. The van der Waals surface area contributed by atoms with E-state index in [9.17, 15) is 0 Å². The first-order valence-corrected chi connectivity index (χ1v) is 5.30. The zero-order chi connectivity index (χ0) is 9.80. The number of nitrogens with one attached hydrogen (secondary N) is 1. The Balaban J connectivity index is 1.80. The van der Waals surface area contributed by atoms with E-state index in [0.29, 0.717) is 12.8 Å². The van der Waals surface area contributed by atoms with Crippen LogP contribution in [0, 0.1) is 0 Å². The zero-order valence-electron chi connectivity index (χ0n) is 8.58. The van der Waals surface area contributed by atoms with Crippen LogP contribution in [0.4, 0.5) is 0 Å². The van der Waals surface area contributed by atoms with E-state index < -0.39 is 0 Å². The summed E-state index contributed by atoms with van der Waals surface area (Å²) in [6.45, 7) is 3.67. The molecule has 14 heavy (non-hydrogen) atoms. The Labute approximate surface area is 84.8 Å². The largest absolute Gasteiger partial charge is 0.458 e. The molecule has 1 N–H and O–H groups in total. The Bertz CT molecular complexity index is 258. The molecule has 78 valence electrons. The predicted molar refractivity (Wildman–Crippen MR) is 54.5 cm³/mol. The van der Waals surface area contributed by atoms with Crippen molar-refractivity contribution in [2.24, 2.45) is 0 Å². The maximum absolute atomic E-state index is 5.36. The highest BCUT2D eigenvalue weighted by molar-refractivity contribution is 5.25. The van der Waals surface area contributed by atoms with Gasteiger partial charge in [0, 0.05) is 12.5 Å². The molecule has 0 amide bonds. The molecular formula is C11H17NO2. The minimum atomic E-state index is 0.386. The van der Waals surface area contributed by atoms with Gasteiger partial charge in [0.1, 0.15) is 5.76 Å². The van der Waals surface area contributed by atoms with Crippen LogP contribution in [0.25, 0.3) is 0 Å². The van der Waals surface area contributed by atoms with Crippen molar-refractivity contribution in [3.05, 3.63) is 23.7 Å². The number of unbranched alkanes of at least 4 members (excludes halogenated alkanes) is 1. The Kier molecular flexibility index (Phi) is 3.09. The van der Waals surface area contributed by atoms with Crippen molar-refractivity contribution in [2.75, 3.05) is 13.3 Å². The molecule has 3 heteroatoms. The fraction of sp³-hybridized carbons (Fsp3) is 0.636. The van der Waals surface area contributed by atoms with Gasteiger partial charge in [0.05, 0.1) is 0 Å². The van der Waals surface area contributed by atoms with Gasteiger partial charge in [-0.25, -0.2) is 0 Å². The third kappa shape index (κ3) is 2.10. The lowest BCUT2D eigenvalue weighted by molar-refractivity contribution is 0.0722. The summed E-state index contributed by atoms with van der Waals surface area (Å²) < 4.78 is 10.6. The molecule has 0 aromatic heterocycles. The van der Waals surface area contributed by atoms with Crippen LogP contribution in [0.2, 0.25) is 0 Å². The molecule has 0 aromatic rings. The molecule has 0 aromatic carbocycles. The molecule has 1 aliphatic carbocycles. The molecule has 0 saturated carbocycles. The second-order valence-electron chi connectivity index (χ2n) is 3.67. The van der Waals surface area contributed by atoms with E-state index in [1.54, 1.807) is 0 Å². The second kappa shape index (κ2) is 4.51. The minimum absolute atomic E-state index is 0.386. The zero-order valence-corrected chi connectivity index (χ0v) is 8.58. The molecular weight excluding hydrogens is 178 g/mol. The van der Waals surface area contributed by atoms with Crippen LogP contribution in [-0.2, 0) is 9.47 Å². The van der Waals surface area contributed by atoms with E-state index in [-0.39, 0.29) is 0 Å². The van der Waals surface area contributed by atoms with Gasteiger partial charge in [0.25, 0.3) is 0 Å².